The molecule has 2 heterocycles. The topological polar surface area (TPSA) is 88.1 Å². The van der Waals surface area contributed by atoms with Crippen LogP contribution in [0, 0.1) is 0 Å². The lowest BCUT2D eigenvalue weighted by Gasteiger charge is -2.18. The van der Waals surface area contributed by atoms with Gasteiger partial charge in [-0.3, -0.25) is 4.79 Å². The van der Waals surface area contributed by atoms with Crippen LogP contribution >= 0.6 is 24.0 Å². The molecule has 1 amide bonds. The molecule has 0 aliphatic carbocycles. The summed E-state index contributed by atoms with van der Waals surface area (Å²) >= 11 is 0. The summed E-state index contributed by atoms with van der Waals surface area (Å²) in [6, 6.07) is 11.5. The van der Waals surface area contributed by atoms with Crippen LogP contribution in [0.5, 0.6) is 17.4 Å². The molecule has 8 nitrogen and oxygen atoms in total. The van der Waals surface area contributed by atoms with Gasteiger partial charge in [-0.05, 0) is 56.2 Å². The molecular formula is C24H34IN5O3. The molecule has 9 heteroatoms. The zero-order valence-corrected chi connectivity index (χ0v) is 21.9. The zero-order valence-electron chi connectivity index (χ0n) is 19.5. The number of pyridine rings is 1. The highest BCUT2D eigenvalue weighted by Gasteiger charge is 2.25. The van der Waals surface area contributed by atoms with Gasteiger partial charge in [0.2, 0.25) is 11.8 Å². The molecule has 2 aromatic rings. The van der Waals surface area contributed by atoms with Crippen LogP contribution in [-0.2, 0) is 11.3 Å². The highest BCUT2D eigenvalue weighted by Crippen LogP contribution is 2.23. The number of carbonyl (C=O) groups is 1. The van der Waals surface area contributed by atoms with Gasteiger partial charge in [-0.1, -0.05) is 6.92 Å². The van der Waals surface area contributed by atoms with Crippen LogP contribution in [0.2, 0.25) is 0 Å². The highest BCUT2D eigenvalue weighted by molar-refractivity contribution is 14.0. The van der Waals surface area contributed by atoms with E-state index in [2.05, 4.69) is 15.6 Å². The summed E-state index contributed by atoms with van der Waals surface area (Å²) in [4.78, 5) is 22.8. The van der Waals surface area contributed by atoms with Gasteiger partial charge in [0.25, 0.3) is 0 Å². The van der Waals surface area contributed by atoms with Gasteiger partial charge >= 0.3 is 0 Å². The lowest BCUT2D eigenvalue weighted by Crippen LogP contribution is -2.45. The Balaban J connectivity index is 0.00000385. The van der Waals surface area contributed by atoms with Crippen molar-refractivity contribution in [3.8, 4) is 17.4 Å². The van der Waals surface area contributed by atoms with E-state index in [0.29, 0.717) is 37.7 Å². The van der Waals surface area contributed by atoms with Crippen LogP contribution in [0.4, 0.5) is 0 Å². The van der Waals surface area contributed by atoms with Crippen molar-refractivity contribution in [2.24, 2.45) is 4.99 Å². The Morgan fingerprint density at radius 3 is 2.64 bits per heavy atom. The smallest absolute Gasteiger partial charge is 0.222 e. The molecular weight excluding hydrogens is 533 g/mol. The van der Waals surface area contributed by atoms with E-state index < -0.39 is 0 Å². The number of benzene rings is 1. The lowest BCUT2D eigenvalue weighted by atomic mass is 10.2. The molecule has 1 atom stereocenters. The molecule has 0 bridgehead atoms. The predicted molar refractivity (Wildman–Crippen MR) is 141 cm³/mol. The number of guanidine groups is 1. The molecule has 0 spiro atoms. The molecule has 1 aromatic heterocycles. The SMILES string of the molecule is CCNC(=NCc1ccnc(Oc2ccc(OCC)cc2)c1)NC1CCN(C(=O)CC)C1.I. The van der Waals surface area contributed by atoms with Crippen LogP contribution in [0.15, 0.2) is 47.6 Å². The Labute approximate surface area is 213 Å². The maximum Gasteiger partial charge on any atom is 0.222 e. The number of rotatable bonds is 9. The Bertz CT molecular complexity index is 907. The number of carbonyl (C=O) groups excluding carboxylic acids is 1. The largest absolute Gasteiger partial charge is 0.494 e. The van der Waals surface area contributed by atoms with Gasteiger partial charge in [0.05, 0.1) is 13.2 Å². The van der Waals surface area contributed by atoms with Gasteiger partial charge in [-0.25, -0.2) is 9.98 Å². The van der Waals surface area contributed by atoms with E-state index in [1.165, 1.54) is 0 Å². The minimum absolute atomic E-state index is 0. The monoisotopic (exact) mass is 567 g/mol. The Kier molecular flexibility index (Phi) is 11.2. The van der Waals surface area contributed by atoms with E-state index in [4.69, 9.17) is 14.5 Å². The molecule has 1 aromatic carbocycles. The number of hydrogen-bond acceptors (Lipinski definition) is 5. The summed E-state index contributed by atoms with van der Waals surface area (Å²) < 4.78 is 11.3. The fraction of sp³-hybridized carbons (Fsp3) is 0.458. The van der Waals surface area contributed by atoms with Crippen LogP contribution in [0.3, 0.4) is 0 Å². The van der Waals surface area contributed by atoms with E-state index >= 15 is 0 Å². The molecule has 1 fully saturated rings. The number of halogens is 1. The second-order valence-corrected chi connectivity index (χ2v) is 7.53. The quantitative estimate of drug-likeness (QED) is 0.271. The first-order chi connectivity index (χ1) is 15.6. The third-order valence-corrected chi connectivity index (χ3v) is 5.10. The van der Waals surface area contributed by atoms with Crippen molar-refractivity contribution in [3.05, 3.63) is 48.2 Å². The second-order valence-electron chi connectivity index (χ2n) is 7.53. The molecule has 1 aliphatic heterocycles. The Hall–Kier alpha value is -2.56. The van der Waals surface area contributed by atoms with Crippen molar-refractivity contribution >= 4 is 35.8 Å². The molecule has 1 unspecified atom stereocenters. The first-order valence-electron chi connectivity index (χ1n) is 11.3. The molecule has 1 saturated heterocycles. The van der Waals surface area contributed by atoms with Crippen LogP contribution < -0.4 is 20.1 Å². The number of ether oxygens (including phenoxy) is 2. The molecule has 1 aliphatic rings. The maximum absolute atomic E-state index is 11.9. The number of aliphatic imine (C=N–C) groups is 1. The summed E-state index contributed by atoms with van der Waals surface area (Å²) in [5, 5.41) is 6.74. The number of nitrogens with zero attached hydrogens (tertiary/aromatic N) is 3. The van der Waals surface area contributed by atoms with Crippen molar-refractivity contribution in [2.45, 2.75) is 46.2 Å². The van der Waals surface area contributed by atoms with E-state index in [-0.39, 0.29) is 35.9 Å². The molecule has 0 radical (unpaired) electrons. The van der Waals surface area contributed by atoms with Gasteiger partial charge in [0.15, 0.2) is 5.96 Å². The lowest BCUT2D eigenvalue weighted by molar-refractivity contribution is -0.129. The van der Waals surface area contributed by atoms with Crippen molar-refractivity contribution < 1.29 is 14.3 Å². The van der Waals surface area contributed by atoms with Crippen LogP contribution in [0.25, 0.3) is 0 Å². The molecule has 3 rings (SSSR count). The van der Waals surface area contributed by atoms with E-state index in [1.807, 2.05) is 62.1 Å². The number of amides is 1. The van der Waals surface area contributed by atoms with Gasteiger partial charge < -0.3 is 25.0 Å². The summed E-state index contributed by atoms with van der Waals surface area (Å²) in [7, 11) is 0. The summed E-state index contributed by atoms with van der Waals surface area (Å²) in [6.07, 6.45) is 3.19. The van der Waals surface area contributed by atoms with Gasteiger partial charge in [0, 0.05) is 44.4 Å². The third-order valence-electron chi connectivity index (χ3n) is 5.10. The average Bonchev–Trinajstić information content (AvgIpc) is 3.27. The van der Waals surface area contributed by atoms with Crippen LogP contribution in [-0.4, -0.2) is 54.0 Å². The van der Waals surface area contributed by atoms with Crippen molar-refractivity contribution in [3.63, 3.8) is 0 Å². The molecule has 33 heavy (non-hydrogen) atoms. The van der Waals surface area contributed by atoms with E-state index in [1.54, 1.807) is 6.20 Å². The number of likely N-dealkylation sites (tertiary alicyclic amines) is 1. The first-order valence-corrected chi connectivity index (χ1v) is 11.3. The maximum atomic E-state index is 11.9. The summed E-state index contributed by atoms with van der Waals surface area (Å²) in [6.45, 7) is 9.28. The highest BCUT2D eigenvalue weighted by atomic mass is 127. The third kappa shape index (κ3) is 8.38. The molecule has 0 saturated carbocycles. The Morgan fingerprint density at radius 1 is 1.18 bits per heavy atom. The van der Waals surface area contributed by atoms with E-state index in [9.17, 15) is 4.79 Å². The minimum atomic E-state index is 0. The fourth-order valence-corrected chi connectivity index (χ4v) is 3.51. The number of nitrogens with one attached hydrogen (secondary N) is 2. The summed E-state index contributed by atoms with van der Waals surface area (Å²) in [5.41, 5.74) is 0.993. The van der Waals surface area contributed by atoms with Crippen molar-refractivity contribution in [1.82, 2.24) is 20.5 Å². The van der Waals surface area contributed by atoms with Gasteiger partial charge in [-0.15, -0.1) is 24.0 Å². The fourth-order valence-electron chi connectivity index (χ4n) is 3.51. The zero-order chi connectivity index (χ0) is 22.8. The van der Waals surface area contributed by atoms with Crippen molar-refractivity contribution in [1.29, 1.82) is 0 Å². The first kappa shape index (κ1) is 26.7. The van der Waals surface area contributed by atoms with Gasteiger partial charge in [0.1, 0.15) is 11.5 Å². The van der Waals surface area contributed by atoms with Crippen LogP contribution in [0.1, 0.15) is 39.2 Å². The van der Waals surface area contributed by atoms with E-state index in [0.717, 1.165) is 36.8 Å². The molecule has 2 N–H and O–H groups in total. The second kappa shape index (κ2) is 13.9. The summed E-state index contributed by atoms with van der Waals surface area (Å²) in [5.74, 6) is 2.97. The van der Waals surface area contributed by atoms with Crippen molar-refractivity contribution in [2.75, 3.05) is 26.2 Å². The number of aromatic nitrogens is 1. The predicted octanol–water partition coefficient (Wildman–Crippen LogP) is 3.96. The Morgan fingerprint density at radius 2 is 1.94 bits per heavy atom. The average molecular weight is 567 g/mol. The minimum Gasteiger partial charge on any atom is -0.494 e. The number of hydrogen-bond donors (Lipinski definition) is 2. The standard InChI is InChI=1S/C24H33N5O3.HI/c1-4-23(30)29-14-12-19(17-29)28-24(25-5-2)27-16-18-11-13-26-22(15-18)32-21-9-7-20(8-10-21)31-6-3;/h7-11,13,15,19H,4-6,12,14,16-17H2,1-3H3,(H2,25,27,28);1H. The van der Waals surface area contributed by atoms with Gasteiger partial charge in [-0.2, -0.15) is 0 Å². The molecule has 180 valence electrons. The normalized spacial score (nSPS) is 15.5.